The standard InChI is InChI=1S/C16H12N2O4/c17-9-11-4-1-2-5-12(11)10-18-7-3-6-13(18)14(19)8-15(20)16(21)22/h1-7H,8,10H2,(H,21,22). The van der Waals surface area contributed by atoms with E-state index in [0.29, 0.717) is 12.1 Å². The van der Waals surface area contributed by atoms with Crippen LogP contribution in [0.2, 0.25) is 0 Å². The van der Waals surface area contributed by atoms with E-state index in [9.17, 15) is 14.4 Å². The van der Waals surface area contributed by atoms with Gasteiger partial charge in [-0.15, -0.1) is 0 Å². The first-order valence-corrected chi connectivity index (χ1v) is 6.45. The zero-order chi connectivity index (χ0) is 16.1. The molecule has 1 aromatic carbocycles. The summed E-state index contributed by atoms with van der Waals surface area (Å²) in [7, 11) is 0. The summed E-state index contributed by atoms with van der Waals surface area (Å²) < 4.78 is 1.59. The van der Waals surface area contributed by atoms with Gasteiger partial charge < -0.3 is 9.67 Å². The molecular formula is C16H12N2O4. The van der Waals surface area contributed by atoms with Crippen molar-refractivity contribution in [2.45, 2.75) is 13.0 Å². The molecule has 0 fully saturated rings. The van der Waals surface area contributed by atoms with Gasteiger partial charge in [-0.1, -0.05) is 18.2 Å². The maximum Gasteiger partial charge on any atom is 0.372 e. The summed E-state index contributed by atoms with van der Waals surface area (Å²) >= 11 is 0. The van der Waals surface area contributed by atoms with Crippen molar-refractivity contribution in [3.8, 4) is 6.07 Å². The maximum absolute atomic E-state index is 12.0. The Labute approximate surface area is 126 Å². The summed E-state index contributed by atoms with van der Waals surface area (Å²) in [5.41, 5.74) is 1.47. The number of benzene rings is 1. The van der Waals surface area contributed by atoms with Crippen molar-refractivity contribution in [3.63, 3.8) is 0 Å². The molecule has 2 aromatic rings. The Morgan fingerprint density at radius 1 is 1.14 bits per heavy atom. The van der Waals surface area contributed by atoms with Crippen molar-refractivity contribution >= 4 is 17.5 Å². The van der Waals surface area contributed by atoms with Crippen LogP contribution < -0.4 is 0 Å². The minimum absolute atomic E-state index is 0.238. The summed E-state index contributed by atoms with van der Waals surface area (Å²) in [5, 5.41) is 17.6. The summed E-state index contributed by atoms with van der Waals surface area (Å²) in [6.07, 6.45) is 0.964. The van der Waals surface area contributed by atoms with Gasteiger partial charge in [0.2, 0.25) is 5.78 Å². The van der Waals surface area contributed by atoms with Gasteiger partial charge in [0.1, 0.15) is 0 Å². The molecule has 2 rings (SSSR count). The Hall–Kier alpha value is -3.20. The lowest BCUT2D eigenvalue weighted by Crippen LogP contribution is -2.19. The number of aromatic nitrogens is 1. The molecule has 6 nitrogen and oxygen atoms in total. The van der Waals surface area contributed by atoms with Crippen LogP contribution in [0.25, 0.3) is 0 Å². The molecule has 0 atom stereocenters. The highest BCUT2D eigenvalue weighted by atomic mass is 16.4. The Balaban J connectivity index is 2.23. The molecular weight excluding hydrogens is 284 g/mol. The number of aliphatic carboxylic acids is 1. The molecule has 0 spiro atoms. The fourth-order valence-corrected chi connectivity index (χ4v) is 2.07. The minimum Gasteiger partial charge on any atom is -0.475 e. The summed E-state index contributed by atoms with van der Waals surface area (Å²) in [4.78, 5) is 33.7. The lowest BCUT2D eigenvalue weighted by Gasteiger charge is -2.09. The van der Waals surface area contributed by atoms with E-state index < -0.39 is 24.0 Å². The van der Waals surface area contributed by atoms with Gasteiger partial charge in [-0.3, -0.25) is 9.59 Å². The zero-order valence-electron chi connectivity index (χ0n) is 11.5. The van der Waals surface area contributed by atoms with Gasteiger partial charge in [0, 0.05) is 12.7 Å². The molecule has 1 aromatic heterocycles. The first-order chi connectivity index (χ1) is 10.5. The van der Waals surface area contributed by atoms with Crippen molar-refractivity contribution in [2.75, 3.05) is 0 Å². The third-order valence-corrected chi connectivity index (χ3v) is 3.15. The SMILES string of the molecule is N#Cc1ccccc1Cn1cccc1C(=O)CC(=O)C(=O)O. The molecule has 0 unspecified atom stereocenters. The van der Waals surface area contributed by atoms with Crippen LogP contribution in [-0.4, -0.2) is 27.2 Å². The lowest BCUT2D eigenvalue weighted by molar-refractivity contribution is -0.148. The normalized spacial score (nSPS) is 9.95. The molecule has 0 radical (unpaired) electrons. The maximum atomic E-state index is 12.0. The fourth-order valence-electron chi connectivity index (χ4n) is 2.07. The predicted molar refractivity (Wildman–Crippen MR) is 76.3 cm³/mol. The van der Waals surface area contributed by atoms with Crippen LogP contribution in [0.5, 0.6) is 0 Å². The second kappa shape index (κ2) is 6.50. The highest BCUT2D eigenvalue weighted by Gasteiger charge is 2.20. The van der Waals surface area contributed by atoms with Gasteiger partial charge in [0.25, 0.3) is 0 Å². The van der Waals surface area contributed by atoms with E-state index in [4.69, 9.17) is 10.4 Å². The topological polar surface area (TPSA) is 100 Å². The molecule has 110 valence electrons. The average Bonchev–Trinajstić information content (AvgIpc) is 2.96. The van der Waals surface area contributed by atoms with E-state index in [0.717, 1.165) is 5.56 Å². The Morgan fingerprint density at radius 3 is 2.55 bits per heavy atom. The lowest BCUT2D eigenvalue weighted by atomic mass is 10.1. The van der Waals surface area contributed by atoms with Crippen LogP contribution in [0.15, 0.2) is 42.6 Å². The van der Waals surface area contributed by atoms with E-state index in [2.05, 4.69) is 6.07 Å². The number of hydrogen-bond donors (Lipinski definition) is 1. The highest BCUT2D eigenvalue weighted by Crippen LogP contribution is 2.13. The van der Waals surface area contributed by atoms with Crippen LogP contribution >= 0.6 is 0 Å². The molecule has 0 amide bonds. The van der Waals surface area contributed by atoms with Crippen molar-refractivity contribution in [3.05, 3.63) is 59.4 Å². The van der Waals surface area contributed by atoms with Gasteiger partial charge >= 0.3 is 5.97 Å². The number of carboxylic acid groups (broad SMARTS) is 1. The van der Waals surface area contributed by atoms with Gasteiger partial charge in [-0.25, -0.2) is 4.79 Å². The average molecular weight is 296 g/mol. The Bertz CT molecular complexity index is 783. The molecule has 0 aliphatic rings. The second-order valence-corrected chi connectivity index (χ2v) is 4.62. The van der Waals surface area contributed by atoms with E-state index in [1.165, 1.54) is 6.07 Å². The molecule has 0 saturated carbocycles. The molecule has 22 heavy (non-hydrogen) atoms. The van der Waals surface area contributed by atoms with Crippen molar-refractivity contribution in [1.29, 1.82) is 5.26 Å². The molecule has 0 aliphatic carbocycles. The van der Waals surface area contributed by atoms with Gasteiger partial charge in [0.15, 0.2) is 5.78 Å². The van der Waals surface area contributed by atoms with Crippen molar-refractivity contribution in [1.82, 2.24) is 4.57 Å². The van der Waals surface area contributed by atoms with E-state index in [-0.39, 0.29) is 5.69 Å². The summed E-state index contributed by atoms with van der Waals surface area (Å²) in [5.74, 6) is -3.33. The van der Waals surface area contributed by atoms with E-state index in [1.54, 1.807) is 41.1 Å². The van der Waals surface area contributed by atoms with Crippen LogP contribution in [0.3, 0.4) is 0 Å². The van der Waals surface area contributed by atoms with Crippen LogP contribution in [-0.2, 0) is 16.1 Å². The number of carbonyl (C=O) groups excluding carboxylic acids is 2. The molecule has 1 heterocycles. The van der Waals surface area contributed by atoms with Gasteiger partial charge in [0.05, 0.1) is 23.7 Å². The first kappa shape index (κ1) is 15.2. The quantitative estimate of drug-likeness (QED) is 0.496. The van der Waals surface area contributed by atoms with Gasteiger partial charge in [-0.2, -0.15) is 5.26 Å². The number of Topliss-reactive ketones (excluding diaryl/α,β-unsaturated/α-hetero) is 2. The monoisotopic (exact) mass is 296 g/mol. The number of carbonyl (C=O) groups is 3. The van der Waals surface area contributed by atoms with Crippen molar-refractivity contribution in [2.24, 2.45) is 0 Å². The Kier molecular flexibility index (Phi) is 4.49. The second-order valence-electron chi connectivity index (χ2n) is 4.62. The third-order valence-electron chi connectivity index (χ3n) is 3.15. The van der Waals surface area contributed by atoms with Crippen LogP contribution in [0.1, 0.15) is 28.0 Å². The molecule has 6 heteroatoms. The Morgan fingerprint density at radius 2 is 1.86 bits per heavy atom. The first-order valence-electron chi connectivity index (χ1n) is 6.45. The fraction of sp³-hybridized carbons (Fsp3) is 0.125. The molecule has 0 aliphatic heterocycles. The molecule has 0 bridgehead atoms. The molecule has 0 saturated heterocycles. The van der Waals surface area contributed by atoms with Crippen molar-refractivity contribution < 1.29 is 19.5 Å². The summed E-state index contributed by atoms with van der Waals surface area (Å²) in [6.45, 7) is 0.291. The third kappa shape index (κ3) is 3.27. The zero-order valence-corrected chi connectivity index (χ0v) is 11.5. The molecule has 1 N–H and O–H groups in total. The van der Waals surface area contributed by atoms with E-state index in [1.807, 2.05) is 0 Å². The van der Waals surface area contributed by atoms with E-state index >= 15 is 0 Å². The van der Waals surface area contributed by atoms with Crippen LogP contribution in [0.4, 0.5) is 0 Å². The van der Waals surface area contributed by atoms with Crippen LogP contribution in [0, 0.1) is 11.3 Å². The number of nitrogens with zero attached hydrogens (tertiary/aromatic N) is 2. The number of carboxylic acids is 1. The minimum atomic E-state index is -1.62. The largest absolute Gasteiger partial charge is 0.475 e. The number of hydrogen-bond acceptors (Lipinski definition) is 4. The summed E-state index contributed by atoms with van der Waals surface area (Å²) in [6, 6.07) is 12.2. The number of ketones is 2. The highest BCUT2D eigenvalue weighted by molar-refractivity contribution is 6.37. The van der Waals surface area contributed by atoms with Gasteiger partial charge in [-0.05, 0) is 23.8 Å². The smallest absolute Gasteiger partial charge is 0.372 e. The number of rotatable bonds is 6. The predicted octanol–water partition coefficient (Wildman–Crippen LogP) is 1.63. The number of nitriles is 1.